The second-order valence-electron chi connectivity index (χ2n) is 4.20. The lowest BCUT2D eigenvalue weighted by molar-refractivity contribution is 0.629. The Bertz CT molecular complexity index is 732. The lowest BCUT2D eigenvalue weighted by atomic mass is 10.1. The van der Waals surface area contributed by atoms with Gasteiger partial charge in [-0.25, -0.2) is 13.8 Å². The third-order valence-corrected chi connectivity index (χ3v) is 2.84. The molecular formula is C14H10F2N2. The number of fused-ring (bicyclic) bond motifs is 1. The number of para-hydroxylation sites is 1. The Labute approximate surface area is 102 Å². The summed E-state index contributed by atoms with van der Waals surface area (Å²) in [5, 5.41) is 0. The van der Waals surface area contributed by atoms with E-state index >= 15 is 0 Å². The highest BCUT2D eigenvalue weighted by atomic mass is 19.1. The number of hydrogen-bond acceptors (Lipinski definition) is 1. The fourth-order valence-electron chi connectivity index (χ4n) is 1.95. The van der Waals surface area contributed by atoms with E-state index < -0.39 is 5.82 Å². The molecule has 0 saturated carbocycles. The van der Waals surface area contributed by atoms with E-state index in [1.807, 2.05) is 6.92 Å². The normalized spacial score (nSPS) is 11.1. The molecule has 1 N–H and O–H groups in total. The first-order valence-electron chi connectivity index (χ1n) is 5.56. The molecule has 0 unspecified atom stereocenters. The number of imidazole rings is 1. The predicted octanol–water partition coefficient (Wildman–Crippen LogP) is 3.82. The van der Waals surface area contributed by atoms with E-state index in [-0.39, 0.29) is 11.3 Å². The van der Waals surface area contributed by atoms with Crippen molar-refractivity contribution in [3.63, 3.8) is 0 Å². The molecule has 1 heterocycles. The van der Waals surface area contributed by atoms with Crippen LogP contribution < -0.4 is 0 Å². The van der Waals surface area contributed by atoms with Crippen LogP contribution in [0.2, 0.25) is 0 Å². The third kappa shape index (κ3) is 1.66. The largest absolute Gasteiger partial charge is 0.338 e. The van der Waals surface area contributed by atoms with E-state index in [1.54, 1.807) is 24.3 Å². The fraction of sp³-hybridized carbons (Fsp3) is 0.0714. The molecule has 2 nitrogen and oxygen atoms in total. The number of aryl methyl sites for hydroxylation is 1. The second-order valence-corrected chi connectivity index (χ2v) is 4.20. The minimum Gasteiger partial charge on any atom is -0.338 e. The van der Waals surface area contributed by atoms with Gasteiger partial charge >= 0.3 is 0 Å². The maximum atomic E-state index is 13.7. The molecule has 0 radical (unpaired) electrons. The number of rotatable bonds is 1. The van der Waals surface area contributed by atoms with Crippen molar-refractivity contribution in [3.8, 4) is 11.4 Å². The molecule has 0 aliphatic heterocycles. The van der Waals surface area contributed by atoms with Gasteiger partial charge in [-0.1, -0.05) is 17.7 Å². The SMILES string of the molecule is Cc1ccc(F)c(-c2nc3c(F)cccc3[nH]2)c1. The van der Waals surface area contributed by atoms with Crippen LogP contribution in [0, 0.1) is 18.6 Å². The highest BCUT2D eigenvalue weighted by Crippen LogP contribution is 2.25. The van der Waals surface area contributed by atoms with E-state index in [0.717, 1.165) is 5.56 Å². The second kappa shape index (κ2) is 3.91. The zero-order valence-corrected chi connectivity index (χ0v) is 9.67. The van der Waals surface area contributed by atoms with E-state index in [2.05, 4.69) is 9.97 Å². The van der Waals surface area contributed by atoms with Gasteiger partial charge in [0.25, 0.3) is 0 Å². The molecule has 1 aromatic heterocycles. The molecule has 0 fully saturated rings. The van der Waals surface area contributed by atoms with Crippen LogP contribution in [0.1, 0.15) is 5.56 Å². The predicted molar refractivity (Wildman–Crippen MR) is 66.2 cm³/mol. The monoisotopic (exact) mass is 244 g/mol. The maximum Gasteiger partial charge on any atom is 0.151 e. The smallest absolute Gasteiger partial charge is 0.151 e. The van der Waals surface area contributed by atoms with Gasteiger partial charge in [0.15, 0.2) is 5.82 Å². The minimum atomic E-state index is -0.414. The number of benzene rings is 2. The number of nitrogens with zero attached hydrogens (tertiary/aromatic N) is 1. The third-order valence-electron chi connectivity index (χ3n) is 2.84. The van der Waals surface area contributed by atoms with Crippen molar-refractivity contribution in [1.82, 2.24) is 9.97 Å². The van der Waals surface area contributed by atoms with Crippen LogP contribution in [-0.4, -0.2) is 9.97 Å². The molecule has 0 saturated heterocycles. The van der Waals surface area contributed by atoms with Gasteiger partial charge in [0.2, 0.25) is 0 Å². The van der Waals surface area contributed by atoms with Crippen molar-refractivity contribution < 1.29 is 8.78 Å². The first kappa shape index (κ1) is 10.9. The van der Waals surface area contributed by atoms with Gasteiger partial charge in [-0.3, -0.25) is 0 Å². The van der Waals surface area contributed by atoms with Crippen molar-refractivity contribution >= 4 is 11.0 Å². The molecule has 3 rings (SSSR count). The molecule has 90 valence electrons. The Kier molecular flexibility index (Phi) is 2.37. The summed E-state index contributed by atoms with van der Waals surface area (Å²) >= 11 is 0. The number of H-pyrrole nitrogens is 1. The van der Waals surface area contributed by atoms with E-state index in [0.29, 0.717) is 16.9 Å². The number of nitrogens with one attached hydrogen (secondary N) is 1. The Morgan fingerprint density at radius 3 is 2.67 bits per heavy atom. The number of hydrogen-bond donors (Lipinski definition) is 1. The van der Waals surface area contributed by atoms with Gasteiger partial charge in [-0.05, 0) is 31.2 Å². The average Bonchev–Trinajstić information content (AvgIpc) is 2.77. The van der Waals surface area contributed by atoms with E-state index in [1.165, 1.54) is 12.1 Å². The van der Waals surface area contributed by atoms with Gasteiger partial charge in [-0.15, -0.1) is 0 Å². The molecule has 0 bridgehead atoms. The van der Waals surface area contributed by atoms with Crippen LogP contribution in [-0.2, 0) is 0 Å². The summed E-state index contributed by atoms with van der Waals surface area (Å²) in [5.74, 6) is -0.445. The van der Waals surface area contributed by atoms with Gasteiger partial charge in [0.1, 0.15) is 17.2 Å². The summed E-state index contributed by atoms with van der Waals surface area (Å²) in [6.45, 7) is 1.87. The molecule has 0 amide bonds. The Balaban J connectivity index is 2.26. The quantitative estimate of drug-likeness (QED) is 0.692. The van der Waals surface area contributed by atoms with Gasteiger partial charge in [-0.2, -0.15) is 0 Å². The summed E-state index contributed by atoms with van der Waals surface area (Å²) in [5.41, 5.74) is 2.07. The van der Waals surface area contributed by atoms with Crippen LogP contribution >= 0.6 is 0 Å². The summed E-state index contributed by atoms with van der Waals surface area (Å²) in [6, 6.07) is 9.38. The lowest BCUT2D eigenvalue weighted by Crippen LogP contribution is -1.87. The summed E-state index contributed by atoms with van der Waals surface area (Å²) < 4.78 is 27.2. The Hall–Kier alpha value is -2.23. The minimum absolute atomic E-state index is 0.230. The van der Waals surface area contributed by atoms with Crippen LogP contribution in [0.25, 0.3) is 22.4 Å². The first-order valence-corrected chi connectivity index (χ1v) is 5.56. The van der Waals surface area contributed by atoms with Crippen molar-refractivity contribution in [2.45, 2.75) is 6.92 Å². The number of aromatic amines is 1. The zero-order valence-electron chi connectivity index (χ0n) is 9.67. The van der Waals surface area contributed by atoms with Crippen molar-refractivity contribution in [3.05, 3.63) is 53.6 Å². The highest BCUT2D eigenvalue weighted by Gasteiger charge is 2.12. The average molecular weight is 244 g/mol. The molecule has 3 aromatic rings. The van der Waals surface area contributed by atoms with E-state index in [9.17, 15) is 8.78 Å². The van der Waals surface area contributed by atoms with Crippen LogP contribution in [0.3, 0.4) is 0 Å². The lowest BCUT2D eigenvalue weighted by Gasteiger charge is -2.00. The summed E-state index contributed by atoms with van der Waals surface area (Å²) in [6.07, 6.45) is 0. The van der Waals surface area contributed by atoms with Crippen molar-refractivity contribution in [1.29, 1.82) is 0 Å². The molecule has 0 aliphatic carbocycles. The maximum absolute atomic E-state index is 13.7. The van der Waals surface area contributed by atoms with Gasteiger partial charge in [0, 0.05) is 0 Å². The van der Waals surface area contributed by atoms with Crippen LogP contribution in [0.15, 0.2) is 36.4 Å². The fourth-order valence-corrected chi connectivity index (χ4v) is 1.95. The van der Waals surface area contributed by atoms with Gasteiger partial charge < -0.3 is 4.98 Å². The zero-order chi connectivity index (χ0) is 12.7. The molecule has 2 aromatic carbocycles. The Morgan fingerprint density at radius 1 is 1.06 bits per heavy atom. The number of aromatic nitrogens is 2. The van der Waals surface area contributed by atoms with E-state index in [4.69, 9.17) is 0 Å². The molecule has 18 heavy (non-hydrogen) atoms. The first-order chi connectivity index (χ1) is 8.65. The summed E-state index contributed by atoms with van der Waals surface area (Å²) in [7, 11) is 0. The van der Waals surface area contributed by atoms with Gasteiger partial charge in [0.05, 0.1) is 11.1 Å². The molecule has 4 heteroatoms. The van der Waals surface area contributed by atoms with Crippen LogP contribution in [0.4, 0.5) is 8.78 Å². The van der Waals surface area contributed by atoms with Crippen LogP contribution in [0.5, 0.6) is 0 Å². The molecule has 0 aliphatic rings. The number of halogens is 2. The topological polar surface area (TPSA) is 28.7 Å². The summed E-state index contributed by atoms with van der Waals surface area (Å²) in [4.78, 5) is 7.04. The van der Waals surface area contributed by atoms with Crippen molar-refractivity contribution in [2.24, 2.45) is 0 Å². The molecular weight excluding hydrogens is 234 g/mol. The Morgan fingerprint density at radius 2 is 1.89 bits per heavy atom. The standard InChI is InChI=1S/C14H10F2N2/c1-8-5-6-10(15)9(7-8)14-17-12-4-2-3-11(16)13(12)18-14/h2-7H,1H3,(H,17,18). The molecule has 0 spiro atoms. The molecule has 0 atom stereocenters. The van der Waals surface area contributed by atoms with Crippen molar-refractivity contribution in [2.75, 3.05) is 0 Å². The highest BCUT2D eigenvalue weighted by molar-refractivity contribution is 5.80.